The minimum Gasteiger partial charge on any atom is -0.280 e. The van der Waals surface area contributed by atoms with Crippen LogP contribution in [0.1, 0.15) is 20.3 Å². The van der Waals surface area contributed by atoms with E-state index in [1.807, 2.05) is 6.92 Å². The maximum absolute atomic E-state index is 10.6. The van der Waals surface area contributed by atoms with Gasteiger partial charge in [-0.1, -0.05) is 20.3 Å². The highest BCUT2D eigenvalue weighted by atomic mass is 35.5. The molecule has 0 bridgehead atoms. The molecule has 0 saturated carbocycles. The van der Waals surface area contributed by atoms with Crippen molar-refractivity contribution in [3.05, 3.63) is 0 Å². The van der Waals surface area contributed by atoms with Gasteiger partial charge in [-0.05, 0) is 29.1 Å². The van der Waals surface area contributed by atoms with Crippen molar-refractivity contribution in [2.75, 3.05) is 0 Å². The Morgan fingerprint density at radius 2 is 1.64 bits per heavy atom. The zero-order chi connectivity index (χ0) is 9.02. The Morgan fingerprint density at radius 1 is 1.27 bits per heavy atom. The summed E-state index contributed by atoms with van der Waals surface area (Å²) in [6.45, 7) is 3.64. The molecule has 0 amide bonds. The first-order valence-corrected chi connectivity index (χ1v) is 4.15. The zero-order valence-electron chi connectivity index (χ0n) is 6.43. The number of carbonyl (C=O) groups excluding carboxylic acids is 2. The lowest BCUT2D eigenvalue weighted by Gasteiger charge is -2.13. The maximum Gasteiger partial charge on any atom is 0.233 e. The first kappa shape index (κ1) is 10.9. The Balaban J connectivity index is 4.34. The number of carbonyl (C=O) groups is 2. The van der Waals surface area contributed by atoms with Crippen molar-refractivity contribution in [3.8, 4) is 0 Å². The maximum atomic E-state index is 10.6. The Bertz CT molecular complexity index is 154. The van der Waals surface area contributed by atoms with Gasteiger partial charge < -0.3 is 0 Å². The molecule has 1 atom stereocenters. The molecule has 0 heterocycles. The van der Waals surface area contributed by atoms with Gasteiger partial charge in [-0.15, -0.1) is 0 Å². The summed E-state index contributed by atoms with van der Waals surface area (Å²) in [6, 6.07) is 0. The van der Waals surface area contributed by atoms with Gasteiger partial charge in [0.15, 0.2) is 0 Å². The normalized spacial score (nSPS) is 13.2. The quantitative estimate of drug-likeness (QED) is 0.511. The average Bonchev–Trinajstić information content (AvgIpc) is 1.85. The fourth-order valence-electron chi connectivity index (χ4n) is 0.772. The van der Waals surface area contributed by atoms with Crippen molar-refractivity contribution >= 4 is 33.7 Å². The Labute approximate surface area is 75.9 Å². The molecule has 11 heavy (non-hydrogen) atoms. The molecule has 0 aliphatic heterocycles. The van der Waals surface area contributed by atoms with Crippen molar-refractivity contribution in [3.63, 3.8) is 0 Å². The fraction of sp³-hybridized carbons (Fsp3) is 0.714. The van der Waals surface area contributed by atoms with Crippen LogP contribution in [-0.4, -0.2) is 10.5 Å². The Hall–Kier alpha value is -0.0800. The summed E-state index contributed by atoms with van der Waals surface area (Å²) in [5.74, 6) is -0.923. The lowest BCUT2D eigenvalue weighted by Crippen LogP contribution is -2.23. The highest BCUT2D eigenvalue weighted by Crippen LogP contribution is 2.20. The van der Waals surface area contributed by atoms with Crippen LogP contribution in [0, 0.1) is 11.8 Å². The average molecular weight is 197 g/mol. The highest BCUT2D eigenvalue weighted by Gasteiger charge is 2.28. The molecule has 0 N–H and O–H groups in total. The summed E-state index contributed by atoms with van der Waals surface area (Å²) in [5.41, 5.74) is 0. The number of rotatable bonds is 4. The first-order chi connectivity index (χ1) is 5.00. The molecule has 0 aromatic heterocycles. The molecule has 0 radical (unpaired) electrons. The predicted molar refractivity (Wildman–Crippen MR) is 44.7 cm³/mol. The van der Waals surface area contributed by atoms with Crippen molar-refractivity contribution < 1.29 is 9.59 Å². The van der Waals surface area contributed by atoms with Gasteiger partial charge in [-0.25, -0.2) is 0 Å². The number of hydrogen-bond acceptors (Lipinski definition) is 2. The third-order valence-corrected chi connectivity index (χ3v) is 2.17. The Kier molecular flexibility index (Phi) is 4.69. The summed E-state index contributed by atoms with van der Waals surface area (Å²) in [6.07, 6.45) is 0.710. The van der Waals surface area contributed by atoms with Crippen molar-refractivity contribution in [2.24, 2.45) is 11.8 Å². The first-order valence-electron chi connectivity index (χ1n) is 3.39. The van der Waals surface area contributed by atoms with Crippen molar-refractivity contribution in [1.82, 2.24) is 0 Å². The molecule has 0 aliphatic carbocycles. The lowest BCUT2D eigenvalue weighted by molar-refractivity contribution is -0.125. The van der Waals surface area contributed by atoms with Crippen LogP contribution in [0.25, 0.3) is 0 Å². The van der Waals surface area contributed by atoms with Gasteiger partial charge in [0.05, 0.1) is 0 Å². The molecule has 64 valence electrons. The second-order valence-electron chi connectivity index (χ2n) is 2.47. The molecule has 2 nitrogen and oxygen atoms in total. The second kappa shape index (κ2) is 4.73. The van der Waals surface area contributed by atoms with Gasteiger partial charge in [0, 0.05) is 0 Å². The van der Waals surface area contributed by atoms with Gasteiger partial charge in [-0.3, -0.25) is 9.59 Å². The molecule has 0 saturated heterocycles. The molecule has 0 spiro atoms. The van der Waals surface area contributed by atoms with Gasteiger partial charge in [0.2, 0.25) is 10.5 Å². The van der Waals surface area contributed by atoms with E-state index >= 15 is 0 Å². The molecule has 0 fully saturated rings. The van der Waals surface area contributed by atoms with Gasteiger partial charge >= 0.3 is 0 Å². The van der Waals surface area contributed by atoms with E-state index in [2.05, 4.69) is 0 Å². The fourth-order valence-corrected chi connectivity index (χ4v) is 1.46. The second-order valence-corrected chi connectivity index (χ2v) is 3.22. The van der Waals surface area contributed by atoms with E-state index in [0.717, 1.165) is 0 Å². The van der Waals surface area contributed by atoms with Gasteiger partial charge in [0.25, 0.3) is 0 Å². The molecular weight excluding hydrogens is 187 g/mol. The minimum atomic E-state index is -0.844. The highest BCUT2D eigenvalue weighted by molar-refractivity contribution is 6.73. The predicted octanol–water partition coefficient (Wildman–Crippen LogP) is 2.18. The van der Waals surface area contributed by atoms with Crippen LogP contribution >= 0.6 is 23.2 Å². The summed E-state index contributed by atoms with van der Waals surface area (Å²) in [4.78, 5) is 21.3. The third kappa shape index (κ3) is 3.21. The van der Waals surface area contributed by atoms with E-state index in [4.69, 9.17) is 23.2 Å². The van der Waals surface area contributed by atoms with E-state index in [1.165, 1.54) is 0 Å². The zero-order valence-corrected chi connectivity index (χ0v) is 7.95. The third-order valence-electron chi connectivity index (χ3n) is 1.70. The molecule has 0 aromatic carbocycles. The molecular formula is C7H10Cl2O2. The summed E-state index contributed by atoms with van der Waals surface area (Å²) in [5, 5.41) is -1.33. The molecule has 0 aromatic rings. The van der Waals surface area contributed by atoms with Crippen molar-refractivity contribution in [2.45, 2.75) is 20.3 Å². The molecule has 0 aliphatic rings. The van der Waals surface area contributed by atoms with Crippen LogP contribution < -0.4 is 0 Å². The van der Waals surface area contributed by atoms with Gasteiger partial charge in [0.1, 0.15) is 5.92 Å². The Morgan fingerprint density at radius 3 is 1.73 bits per heavy atom. The molecule has 1 unspecified atom stereocenters. The van der Waals surface area contributed by atoms with Crippen molar-refractivity contribution in [1.29, 1.82) is 0 Å². The minimum absolute atomic E-state index is 0.0787. The van der Waals surface area contributed by atoms with Crippen LogP contribution in [0.2, 0.25) is 0 Å². The summed E-state index contributed by atoms with van der Waals surface area (Å²) >= 11 is 10.3. The van der Waals surface area contributed by atoms with Crippen LogP contribution in [0.3, 0.4) is 0 Å². The van der Waals surface area contributed by atoms with Crippen LogP contribution in [0.15, 0.2) is 0 Å². The SMILES string of the molecule is CCC(C)C(C(=O)Cl)C(=O)Cl. The van der Waals surface area contributed by atoms with Gasteiger partial charge in [-0.2, -0.15) is 0 Å². The van der Waals surface area contributed by atoms with E-state index in [-0.39, 0.29) is 5.92 Å². The molecule has 4 heteroatoms. The van der Waals surface area contributed by atoms with E-state index in [1.54, 1.807) is 6.92 Å². The van der Waals surface area contributed by atoms with Crippen LogP contribution in [0.4, 0.5) is 0 Å². The van der Waals surface area contributed by atoms with Crippen LogP contribution in [0.5, 0.6) is 0 Å². The lowest BCUT2D eigenvalue weighted by atomic mass is 9.94. The number of hydrogen-bond donors (Lipinski definition) is 0. The summed E-state index contributed by atoms with van der Waals surface area (Å²) < 4.78 is 0. The van der Waals surface area contributed by atoms with E-state index in [9.17, 15) is 9.59 Å². The monoisotopic (exact) mass is 196 g/mol. The largest absolute Gasteiger partial charge is 0.280 e. The van der Waals surface area contributed by atoms with E-state index in [0.29, 0.717) is 6.42 Å². The number of halogens is 2. The standard InChI is InChI=1S/C7H10Cl2O2/c1-3-4(2)5(6(8)10)7(9)11/h4-5H,3H2,1-2H3. The van der Waals surface area contributed by atoms with E-state index < -0.39 is 16.4 Å². The topological polar surface area (TPSA) is 34.1 Å². The smallest absolute Gasteiger partial charge is 0.233 e. The summed E-state index contributed by atoms with van der Waals surface area (Å²) in [7, 11) is 0. The molecule has 0 rings (SSSR count). The van der Waals surface area contributed by atoms with Crippen LogP contribution in [-0.2, 0) is 9.59 Å².